The number of benzene rings is 3. The maximum atomic E-state index is 6.59. The fourth-order valence-electron chi connectivity index (χ4n) is 3.89. The molecule has 1 unspecified atom stereocenters. The number of aryl methyl sites for hydroxylation is 2. The molecule has 3 N–H and O–H groups in total. The summed E-state index contributed by atoms with van der Waals surface area (Å²) in [6.07, 6.45) is 2.07. The third-order valence-electron chi connectivity index (χ3n) is 5.46. The number of hydrogen-bond acceptors (Lipinski definition) is 1. The van der Waals surface area contributed by atoms with Gasteiger partial charge in [-0.05, 0) is 60.5 Å². The Morgan fingerprint density at radius 3 is 2.40 bits per heavy atom. The quantitative estimate of drug-likeness (QED) is 0.312. The van der Waals surface area contributed by atoms with Gasteiger partial charge in [-0.1, -0.05) is 66.2 Å². The number of thiocarbonyl (C=S) groups is 1. The van der Waals surface area contributed by atoms with Crippen molar-refractivity contribution in [1.29, 1.82) is 0 Å². The van der Waals surface area contributed by atoms with Crippen LogP contribution in [0.1, 0.15) is 28.2 Å². The van der Waals surface area contributed by atoms with Crippen molar-refractivity contribution >= 4 is 45.5 Å². The van der Waals surface area contributed by atoms with Crippen molar-refractivity contribution in [2.24, 2.45) is 0 Å². The van der Waals surface area contributed by atoms with Crippen LogP contribution in [0.3, 0.4) is 0 Å². The SMILES string of the molecule is Cc1cccc(C)c1NC(=S)NCC(c1ccccc1Cl)c1c[nH]c2ccccc12. The molecule has 0 bridgehead atoms. The van der Waals surface area contributed by atoms with Crippen LogP contribution in [0.5, 0.6) is 0 Å². The second-order valence-electron chi connectivity index (χ2n) is 7.47. The Labute approximate surface area is 187 Å². The summed E-state index contributed by atoms with van der Waals surface area (Å²) >= 11 is 12.2. The molecule has 0 saturated carbocycles. The monoisotopic (exact) mass is 433 g/mol. The van der Waals surface area contributed by atoms with Gasteiger partial charge < -0.3 is 15.6 Å². The minimum Gasteiger partial charge on any atom is -0.361 e. The van der Waals surface area contributed by atoms with Crippen molar-refractivity contribution in [2.45, 2.75) is 19.8 Å². The molecule has 1 aromatic heterocycles. The van der Waals surface area contributed by atoms with Gasteiger partial charge in [0.15, 0.2) is 5.11 Å². The highest BCUT2D eigenvalue weighted by Gasteiger charge is 2.20. The van der Waals surface area contributed by atoms with E-state index in [-0.39, 0.29) is 5.92 Å². The lowest BCUT2D eigenvalue weighted by molar-refractivity contribution is 0.766. The number of halogens is 1. The van der Waals surface area contributed by atoms with Crippen molar-refractivity contribution in [3.05, 3.63) is 100 Å². The normalized spacial score (nSPS) is 12.0. The van der Waals surface area contributed by atoms with Gasteiger partial charge in [0.05, 0.1) is 0 Å². The lowest BCUT2D eigenvalue weighted by atomic mass is 9.91. The van der Waals surface area contributed by atoms with Gasteiger partial charge in [0.2, 0.25) is 0 Å². The topological polar surface area (TPSA) is 39.8 Å². The van der Waals surface area contributed by atoms with Crippen LogP contribution in [-0.4, -0.2) is 16.6 Å². The first kappa shape index (κ1) is 20.5. The van der Waals surface area contributed by atoms with Crippen molar-refractivity contribution in [3.63, 3.8) is 0 Å². The number of aromatic nitrogens is 1. The van der Waals surface area contributed by atoms with Crippen LogP contribution in [0.4, 0.5) is 5.69 Å². The molecule has 0 aliphatic rings. The Balaban J connectivity index is 1.61. The molecule has 0 saturated heterocycles. The Kier molecular flexibility index (Phi) is 6.07. The number of para-hydroxylation sites is 2. The van der Waals surface area contributed by atoms with Crippen molar-refractivity contribution in [3.8, 4) is 0 Å². The second kappa shape index (κ2) is 8.90. The number of rotatable bonds is 5. The van der Waals surface area contributed by atoms with Crippen LogP contribution < -0.4 is 10.6 Å². The number of fused-ring (bicyclic) bond motifs is 1. The molecule has 4 aromatic rings. The van der Waals surface area contributed by atoms with Gasteiger partial charge in [-0.25, -0.2) is 0 Å². The highest BCUT2D eigenvalue weighted by Crippen LogP contribution is 2.34. The van der Waals surface area contributed by atoms with E-state index < -0.39 is 0 Å². The van der Waals surface area contributed by atoms with Crippen LogP contribution in [0.15, 0.2) is 72.9 Å². The first-order valence-electron chi connectivity index (χ1n) is 9.96. The third-order valence-corrected chi connectivity index (χ3v) is 6.05. The summed E-state index contributed by atoms with van der Waals surface area (Å²) in [6, 6.07) is 22.5. The highest BCUT2D eigenvalue weighted by atomic mass is 35.5. The van der Waals surface area contributed by atoms with Gasteiger partial charge in [-0.3, -0.25) is 0 Å². The van der Waals surface area contributed by atoms with E-state index in [1.54, 1.807) is 0 Å². The predicted octanol–water partition coefficient (Wildman–Crippen LogP) is 6.56. The summed E-state index contributed by atoms with van der Waals surface area (Å²) in [4.78, 5) is 3.38. The van der Waals surface area contributed by atoms with Crippen LogP contribution in [0.2, 0.25) is 5.02 Å². The number of H-pyrrole nitrogens is 1. The molecule has 0 fully saturated rings. The minimum atomic E-state index is 0.0487. The number of hydrogen-bond donors (Lipinski definition) is 3. The van der Waals surface area contributed by atoms with E-state index >= 15 is 0 Å². The predicted molar refractivity (Wildman–Crippen MR) is 132 cm³/mol. The summed E-state index contributed by atoms with van der Waals surface area (Å²) in [5.74, 6) is 0.0487. The number of nitrogens with one attached hydrogen (secondary N) is 3. The summed E-state index contributed by atoms with van der Waals surface area (Å²) in [5.41, 5.74) is 6.77. The molecule has 5 heteroatoms. The first-order chi connectivity index (χ1) is 14.5. The molecule has 152 valence electrons. The van der Waals surface area contributed by atoms with E-state index in [4.69, 9.17) is 23.8 Å². The minimum absolute atomic E-state index is 0.0487. The molecule has 1 atom stereocenters. The van der Waals surface area contributed by atoms with Crippen LogP contribution in [0, 0.1) is 13.8 Å². The van der Waals surface area contributed by atoms with E-state index in [2.05, 4.69) is 78.1 Å². The zero-order valence-corrected chi connectivity index (χ0v) is 18.6. The van der Waals surface area contributed by atoms with Gasteiger partial charge in [-0.2, -0.15) is 0 Å². The van der Waals surface area contributed by atoms with Crippen LogP contribution >= 0.6 is 23.8 Å². The molecular formula is C25H24ClN3S. The molecule has 4 rings (SSSR count). The van der Waals surface area contributed by atoms with Gasteiger partial charge in [-0.15, -0.1) is 0 Å². The second-order valence-corrected chi connectivity index (χ2v) is 8.28. The molecule has 3 nitrogen and oxygen atoms in total. The summed E-state index contributed by atoms with van der Waals surface area (Å²) in [7, 11) is 0. The first-order valence-corrected chi connectivity index (χ1v) is 10.7. The molecule has 0 spiro atoms. The molecule has 30 heavy (non-hydrogen) atoms. The average Bonchev–Trinajstić information content (AvgIpc) is 3.16. The highest BCUT2D eigenvalue weighted by molar-refractivity contribution is 7.80. The van der Waals surface area contributed by atoms with Crippen LogP contribution in [0.25, 0.3) is 10.9 Å². The number of aromatic amines is 1. The smallest absolute Gasteiger partial charge is 0.170 e. The summed E-state index contributed by atoms with van der Waals surface area (Å²) in [6.45, 7) is 4.79. The average molecular weight is 434 g/mol. The Bertz CT molecular complexity index is 1180. The Hall–Kier alpha value is -2.82. The van der Waals surface area contributed by atoms with Gasteiger partial charge in [0.1, 0.15) is 0 Å². The van der Waals surface area contributed by atoms with Gasteiger partial charge >= 0.3 is 0 Å². The van der Waals surface area contributed by atoms with Crippen LogP contribution in [-0.2, 0) is 0 Å². The fraction of sp³-hybridized carbons (Fsp3) is 0.160. The molecule has 1 heterocycles. The van der Waals surface area contributed by atoms with Crippen molar-refractivity contribution in [1.82, 2.24) is 10.3 Å². The Morgan fingerprint density at radius 1 is 0.933 bits per heavy atom. The molecule has 0 aliphatic heterocycles. The van der Waals surface area contributed by atoms with E-state index in [0.717, 1.165) is 21.8 Å². The molecule has 0 amide bonds. The summed E-state index contributed by atoms with van der Waals surface area (Å²) < 4.78 is 0. The largest absolute Gasteiger partial charge is 0.361 e. The van der Waals surface area contributed by atoms with Crippen molar-refractivity contribution < 1.29 is 0 Å². The summed E-state index contributed by atoms with van der Waals surface area (Å²) in [5, 5.41) is 9.32. The maximum absolute atomic E-state index is 6.59. The zero-order chi connectivity index (χ0) is 21.1. The fourth-order valence-corrected chi connectivity index (χ4v) is 4.34. The third kappa shape index (κ3) is 4.20. The zero-order valence-electron chi connectivity index (χ0n) is 17.0. The van der Waals surface area contributed by atoms with Crippen molar-refractivity contribution in [2.75, 3.05) is 11.9 Å². The van der Waals surface area contributed by atoms with E-state index in [0.29, 0.717) is 11.7 Å². The van der Waals surface area contributed by atoms with E-state index in [9.17, 15) is 0 Å². The lowest BCUT2D eigenvalue weighted by Crippen LogP contribution is -2.33. The molecule has 3 aromatic carbocycles. The van der Waals surface area contributed by atoms with Gasteiger partial charge in [0.25, 0.3) is 0 Å². The lowest BCUT2D eigenvalue weighted by Gasteiger charge is -2.21. The molecule has 0 aliphatic carbocycles. The van der Waals surface area contributed by atoms with E-state index in [1.165, 1.54) is 22.1 Å². The maximum Gasteiger partial charge on any atom is 0.170 e. The van der Waals surface area contributed by atoms with E-state index in [1.807, 2.05) is 24.3 Å². The standard InChI is InChI=1S/C25H24ClN3S/c1-16-8-7-9-17(2)24(16)29-25(30)28-15-20(18-10-3-5-12-22(18)26)21-14-27-23-13-6-4-11-19(21)23/h3-14,20,27H,15H2,1-2H3,(H2,28,29,30). The molecular weight excluding hydrogens is 410 g/mol. The molecule has 0 radical (unpaired) electrons. The number of anilines is 1. The Morgan fingerprint density at radius 2 is 1.63 bits per heavy atom. The van der Waals surface area contributed by atoms with Gasteiger partial charge in [0, 0.05) is 40.3 Å².